The van der Waals surface area contributed by atoms with Crippen molar-refractivity contribution in [2.24, 2.45) is 5.92 Å². The van der Waals surface area contributed by atoms with Crippen molar-refractivity contribution in [3.8, 4) is 0 Å². The Morgan fingerprint density at radius 1 is 1.24 bits per heavy atom. The first-order chi connectivity index (χ1) is 12.3. The van der Waals surface area contributed by atoms with Crippen LogP contribution in [0.1, 0.15) is 43.0 Å². The molecule has 5 nitrogen and oxygen atoms in total. The molecule has 2 fully saturated rings. The van der Waals surface area contributed by atoms with Gasteiger partial charge in [-0.15, -0.1) is 0 Å². The van der Waals surface area contributed by atoms with Gasteiger partial charge < -0.3 is 19.7 Å². The predicted molar refractivity (Wildman–Crippen MR) is 99.2 cm³/mol. The third-order valence-electron chi connectivity index (χ3n) is 5.25. The average Bonchev–Trinajstić information content (AvgIpc) is 2.67. The number of hydrogen-bond donors (Lipinski definition) is 1. The van der Waals surface area contributed by atoms with E-state index in [1.54, 1.807) is 0 Å². The highest BCUT2D eigenvalue weighted by molar-refractivity contribution is 5.99. The van der Waals surface area contributed by atoms with Crippen LogP contribution in [-0.2, 0) is 9.47 Å². The highest BCUT2D eigenvalue weighted by Crippen LogP contribution is 2.26. The van der Waals surface area contributed by atoms with E-state index in [1.165, 1.54) is 19.3 Å². The van der Waals surface area contributed by atoms with Crippen molar-refractivity contribution < 1.29 is 14.3 Å². The maximum Gasteiger partial charge on any atom is 0.253 e. The van der Waals surface area contributed by atoms with Gasteiger partial charge in [0.2, 0.25) is 0 Å². The summed E-state index contributed by atoms with van der Waals surface area (Å²) < 4.78 is 11.4. The topological polar surface area (TPSA) is 50.8 Å². The van der Waals surface area contributed by atoms with Crippen LogP contribution < -0.4 is 10.2 Å². The Bertz CT molecular complexity index is 558. The van der Waals surface area contributed by atoms with Crippen molar-refractivity contribution in [3.05, 3.63) is 29.8 Å². The number of nitrogens with zero attached hydrogens (tertiary/aromatic N) is 1. The van der Waals surface area contributed by atoms with Gasteiger partial charge in [-0.3, -0.25) is 4.79 Å². The maximum absolute atomic E-state index is 12.6. The number of anilines is 1. The second kappa shape index (κ2) is 9.20. The van der Waals surface area contributed by atoms with Crippen molar-refractivity contribution >= 4 is 11.6 Å². The summed E-state index contributed by atoms with van der Waals surface area (Å²) in [6.45, 7) is 6.48. The lowest BCUT2D eigenvalue weighted by molar-refractivity contribution is -0.00293. The Morgan fingerprint density at radius 2 is 2.00 bits per heavy atom. The average molecular weight is 346 g/mol. The van der Waals surface area contributed by atoms with Gasteiger partial charge in [-0.1, -0.05) is 31.9 Å². The lowest BCUT2D eigenvalue weighted by atomic mass is 9.88. The van der Waals surface area contributed by atoms with E-state index in [0.29, 0.717) is 38.4 Å². The van der Waals surface area contributed by atoms with Crippen LogP contribution in [0.2, 0.25) is 0 Å². The minimum absolute atomic E-state index is 0.0256. The third-order valence-corrected chi connectivity index (χ3v) is 5.25. The Labute approximate surface area is 150 Å². The van der Waals surface area contributed by atoms with Crippen molar-refractivity contribution in [3.63, 3.8) is 0 Å². The molecule has 25 heavy (non-hydrogen) atoms. The van der Waals surface area contributed by atoms with Gasteiger partial charge in [-0.05, 0) is 30.9 Å². The molecule has 1 saturated heterocycles. The zero-order chi connectivity index (χ0) is 17.5. The summed E-state index contributed by atoms with van der Waals surface area (Å²) in [5, 5.41) is 3.01. The molecule has 1 amide bonds. The lowest BCUT2D eigenvalue weighted by Crippen LogP contribution is -2.38. The summed E-state index contributed by atoms with van der Waals surface area (Å²) in [6.07, 6.45) is 5.33. The number of para-hydroxylation sites is 1. The van der Waals surface area contributed by atoms with Crippen LogP contribution in [0.4, 0.5) is 5.69 Å². The van der Waals surface area contributed by atoms with Gasteiger partial charge in [0.15, 0.2) is 0 Å². The molecule has 1 aromatic carbocycles. The highest BCUT2D eigenvalue weighted by atomic mass is 16.5. The number of hydrogen-bond acceptors (Lipinski definition) is 4. The van der Waals surface area contributed by atoms with E-state index >= 15 is 0 Å². The molecule has 1 saturated carbocycles. The van der Waals surface area contributed by atoms with Crippen molar-refractivity contribution in [2.45, 2.75) is 38.7 Å². The number of ether oxygens (including phenoxy) is 2. The largest absolute Gasteiger partial charge is 0.378 e. The molecule has 2 aliphatic rings. The van der Waals surface area contributed by atoms with E-state index in [2.05, 4.69) is 17.1 Å². The highest BCUT2D eigenvalue weighted by Gasteiger charge is 2.22. The van der Waals surface area contributed by atoms with Crippen LogP contribution in [0, 0.1) is 5.92 Å². The second-order valence-electron chi connectivity index (χ2n) is 7.04. The minimum atomic E-state index is -0.0256. The normalized spacial score (nSPS) is 24.1. The molecule has 0 aromatic heterocycles. The Balaban J connectivity index is 1.49. The van der Waals surface area contributed by atoms with Gasteiger partial charge in [0, 0.05) is 25.3 Å². The van der Waals surface area contributed by atoms with Crippen LogP contribution in [-0.4, -0.2) is 51.5 Å². The molecule has 0 bridgehead atoms. The van der Waals surface area contributed by atoms with Gasteiger partial charge in [-0.2, -0.15) is 0 Å². The fourth-order valence-corrected chi connectivity index (χ4v) is 3.75. The number of rotatable bonds is 6. The smallest absolute Gasteiger partial charge is 0.253 e. The van der Waals surface area contributed by atoms with Crippen LogP contribution in [0.5, 0.6) is 0 Å². The van der Waals surface area contributed by atoms with E-state index in [4.69, 9.17) is 9.47 Å². The summed E-state index contributed by atoms with van der Waals surface area (Å²) in [5.41, 5.74) is 1.72. The van der Waals surface area contributed by atoms with Gasteiger partial charge in [0.05, 0.1) is 31.5 Å². The van der Waals surface area contributed by atoms with Gasteiger partial charge in [0.25, 0.3) is 5.91 Å². The molecule has 0 spiro atoms. The number of carbonyl (C=O) groups is 1. The minimum Gasteiger partial charge on any atom is -0.378 e. The molecular formula is C20H30N2O3. The van der Waals surface area contributed by atoms with E-state index in [-0.39, 0.29) is 5.91 Å². The molecule has 5 heteroatoms. The monoisotopic (exact) mass is 346 g/mol. The van der Waals surface area contributed by atoms with E-state index in [9.17, 15) is 4.79 Å². The standard InChI is InChI=1S/C20H30N2O3/c1-16-6-2-5-9-19(16)25-13-10-21-20(23)17-7-3-4-8-18(17)22-11-14-24-15-12-22/h3-4,7-8,16,19H,2,5-6,9-15H2,1H3,(H,21,23)/t16-,19-/m1/s1. The first-order valence-corrected chi connectivity index (χ1v) is 9.57. The molecule has 0 radical (unpaired) electrons. The van der Waals surface area contributed by atoms with Crippen molar-refractivity contribution in [2.75, 3.05) is 44.4 Å². The van der Waals surface area contributed by atoms with Crippen LogP contribution in [0.15, 0.2) is 24.3 Å². The Hall–Kier alpha value is -1.59. The first-order valence-electron chi connectivity index (χ1n) is 9.57. The molecule has 3 rings (SSSR count). The lowest BCUT2D eigenvalue weighted by Gasteiger charge is -2.30. The van der Waals surface area contributed by atoms with Gasteiger partial charge in [0.1, 0.15) is 0 Å². The predicted octanol–water partition coefficient (Wildman–Crippen LogP) is 2.85. The van der Waals surface area contributed by atoms with Crippen LogP contribution in [0.3, 0.4) is 0 Å². The molecular weight excluding hydrogens is 316 g/mol. The molecule has 1 heterocycles. The fourth-order valence-electron chi connectivity index (χ4n) is 3.75. The van der Waals surface area contributed by atoms with E-state index < -0.39 is 0 Å². The number of carbonyl (C=O) groups excluding carboxylic acids is 1. The Kier molecular flexibility index (Phi) is 6.70. The molecule has 1 aliphatic heterocycles. The maximum atomic E-state index is 12.6. The van der Waals surface area contributed by atoms with Gasteiger partial charge >= 0.3 is 0 Å². The molecule has 0 unspecified atom stereocenters. The number of morpholine rings is 1. The summed E-state index contributed by atoms with van der Waals surface area (Å²) >= 11 is 0. The second-order valence-corrected chi connectivity index (χ2v) is 7.04. The Morgan fingerprint density at radius 3 is 2.80 bits per heavy atom. The molecule has 2 atom stereocenters. The summed E-state index contributed by atoms with van der Waals surface area (Å²) in [7, 11) is 0. The summed E-state index contributed by atoms with van der Waals surface area (Å²) in [5.74, 6) is 0.605. The third kappa shape index (κ3) is 4.95. The first kappa shape index (κ1) is 18.2. The zero-order valence-corrected chi connectivity index (χ0v) is 15.2. The fraction of sp³-hybridized carbons (Fsp3) is 0.650. The quantitative estimate of drug-likeness (QED) is 0.805. The molecule has 1 aromatic rings. The van der Waals surface area contributed by atoms with E-state index in [0.717, 1.165) is 30.8 Å². The number of nitrogens with one attached hydrogen (secondary N) is 1. The summed E-state index contributed by atoms with van der Waals surface area (Å²) in [6, 6.07) is 7.80. The van der Waals surface area contributed by atoms with Crippen molar-refractivity contribution in [1.82, 2.24) is 5.32 Å². The van der Waals surface area contributed by atoms with Gasteiger partial charge in [-0.25, -0.2) is 0 Å². The van der Waals surface area contributed by atoms with E-state index in [1.807, 2.05) is 24.3 Å². The summed E-state index contributed by atoms with van der Waals surface area (Å²) in [4.78, 5) is 14.8. The number of amides is 1. The molecule has 1 aliphatic carbocycles. The molecule has 1 N–H and O–H groups in total. The van der Waals surface area contributed by atoms with Crippen molar-refractivity contribution in [1.29, 1.82) is 0 Å². The van der Waals surface area contributed by atoms with Crippen LogP contribution in [0.25, 0.3) is 0 Å². The van der Waals surface area contributed by atoms with Crippen LogP contribution >= 0.6 is 0 Å². The number of benzene rings is 1. The molecule has 138 valence electrons. The zero-order valence-electron chi connectivity index (χ0n) is 15.2. The SMILES string of the molecule is C[C@@H]1CCCC[C@H]1OCCNC(=O)c1ccccc1N1CCOCC1.